The first-order valence-corrected chi connectivity index (χ1v) is 12.9. The van der Waals surface area contributed by atoms with Crippen molar-refractivity contribution in [1.82, 2.24) is 19.9 Å². The molecule has 1 N–H and O–H groups in total. The van der Waals surface area contributed by atoms with Gasteiger partial charge in [-0.1, -0.05) is 12.1 Å². The number of aromatic nitrogens is 3. The van der Waals surface area contributed by atoms with E-state index in [2.05, 4.69) is 14.8 Å². The molecule has 4 aromatic rings. The minimum absolute atomic E-state index is 0.0168. The summed E-state index contributed by atoms with van der Waals surface area (Å²) in [6.07, 6.45) is 7.23. The van der Waals surface area contributed by atoms with E-state index < -0.39 is 5.82 Å². The number of halogens is 1. The summed E-state index contributed by atoms with van der Waals surface area (Å²) in [5, 5.41) is 12.7. The Labute approximate surface area is 215 Å². The van der Waals surface area contributed by atoms with Gasteiger partial charge in [-0.25, -0.2) is 9.37 Å². The van der Waals surface area contributed by atoms with Crippen LogP contribution >= 0.6 is 0 Å². The SMILES string of the molecule is CN1CCOc2cc(-c3ncc4c(ncn4CC4CCCNCC4)c3-c3ccc(C#N)c(F)c3)ccc21. The minimum atomic E-state index is -0.552. The molecule has 8 heteroatoms. The van der Waals surface area contributed by atoms with Crippen LogP contribution in [0.25, 0.3) is 33.4 Å². The number of fused-ring (bicyclic) bond motifs is 2. The van der Waals surface area contributed by atoms with Gasteiger partial charge in [0.15, 0.2) is 0 Å². The van der Waals surface area contributed by atoms with E-state index in [1.54, 1.807) is 6.07 Å². The van der Waals surface area contributed by atoms with Gasteiger partial charge in [-0.2, -0.15) is 5.26 Å². The number of anilines is 1. The highest BCUT2D eigenvalue weighted by atomic mass is 19.1. The number of nitriles is 1. The van der Waals surface area contributed by atoms with Crippen molar-refractivity contribution in [2.45, 2.75) is 25.8 Å². The number of rotatable bonds is 4. The molecule has 1 saturated heterocycles. The summed E-state index contributed by atoms with van der Waals surface area (Å²) >= 11 is 0. The average molecular weight is 497 g/mol. The van der Waals surface area contributed by atoms with E-state index in [0.717, 1.165) is 66.2 Å². The van der Waals surface area contributed by atoms with E-state index in [1.807, 2.05) is 43.8 Å². The van der Waals surface area contributed by atoms with Crippen LogP contribution in [0, 0.1) is 23.1 Å². The fourth-order valence-electron chi connectivity index (χ4n) is 5.48. The van der Waals surface area contributed by atoms with Crippen molar-refractivity contribution < 1.29 is 9.13 Å². The number of nitrogens with one attached hydrogen (secondary N) is 1. The monoisotopic (exact) mass is 496 g/mol. The Morgan fingerprint density at radius 2 is 2.03 bits per heavy atom. The molecule has 2 aromatic carbocycles. The van der Waals surface area contributed by atoms with Crippen molar-refractivity contribution in [2.75, 3.05) is 38.2 Å². The number of ether oxygens (including phenoxy) is 1. The second kappa shape index (κ2) is 9.83. The molecule has 4 heterocycles. The maximum Gasteiger partial charge on any atom is 0.143 e. The Morgan fingerprint density at radius 3 is 2.89 bits per heavy atom. The Hall–Kier alpha value is -3.96. The van der Waals surface area contributed by atoms with E-state index in [-0.39, 0.29) is 5.56 Å². The van der Waals surface area contributed by atoms with Crippen molar-refractivity contribution in [3.63, 3.8) is 0 Å². The Kier molecular flexibility index (Phi) is 6.23. The summed E-state index contributed by atoms with van der Waals surface area (Å²) in [6, 6.07) is 12.7. The molecule has 7 nitrogen and oxygen atoms in total. The zero-order valence-corrected chi connectivity index (χ0v) is 20.9. The molecule has 1 atom stereocenters. The third-order valence-corrected chi connectivity index (χ3v) is 7.52. The minimum Gasteiger partial charge on any atom is -0.490 e. The van der Waals surface area contributed by atoms with Gasteiger partial charge in [-0.15, -0.1) is 0 Å². The molecule has 2 aliphatic heterocycles. The third kappa shape index (κ3) is 4.40. The normalized spacial score (nSPS) is 17.6. The molecule has 188 valence electrons. The number of pyridine rings is 1. The largest absolute Gasteiger partial charge is 0.490 e. The van der Waals surface area contributed by atoms with Crippen LogP contribution in [0.5, 0.6) is 5.75 Å². The van der Waals surface area contributed by atoms with Crippen molar-refractivity contribution in [1.29, 1.82) is 5.26 Å². The molecule has 0 bridgehead atoms. The summed E-state index contributed by atoms with van der Waals surface area (Å²) in [7, 11) is 2.05. The van der Waals surface area contributed by atoms with Gasteiger partial charge in [-0.05, 0) is 68.1 Å². The molecule has 0 saturated carbocycles. The van der Waals surface area contributed by atoms with E-state index >= 15 is 0 Å². The topological polar surface area (TPSA) is 79.0 Å². The van der Waals surface area contributed by atoms with Gasteiger partial charge >= 0.3 is 0 Å². The lowest BCUT2D eigenvalue weighted by atomic mass is 9.96. The summed E-state index contributed by atoms with van der Waals surface area (Å²) < 4.78 is 22.9. The van der Waals surface area contributed by atoms with Crippen LogP contribution in [-0.2, 0) is 6.54 Å². The fraction of sp³-hybridized carbons (Fsp3) is 0.345. The first-order valence-electron chi connectivity index (χ1n) is 12.9. The quantitative estimate of drug-likeness (QED) is 0.429. The molecule has 1 unspecified atom stereocenters. The van der Waals surface area contributed by atoms with Crippen LogP contribution < -0.4 is 15.0 Å². The lowest BCUT2D eigenvalue weighted by Crippen LogP contribution is -2.28. The first kappa shape index (κ1) is 23.4. The van der Waals surface area contributed by atoms with Crippen LogP contribution in [0.4, 0.5) is 10.1 Å². The number of hydrogen-bond donors (Lipinski definition) is 1. The molecular weight excluding hydrogens is 467 g/mol. The predicted octanol–water partition coefficient (Wildman–Crippen LogP) is 4.99. The van der Waals surface area contributed by atoms with Gasteiger partial charge in [0.2, 0.25) is 0 Å². The van der Waals surface area contributed by atoms with Crippen LogP contribution in [0.3, 0.4) is 0 Å². The summed E-state index contributed by atoms with van der Waals surface area (Å²) in [4.78, 5) is 11.9. The van der Waals surface area contributed by atoms with Crippen molar-refractivity contribution >= 4 is 16.7 Å². The van der Waals surface area contributed by atoms with Gasteiger partial charge in [0.05, 0.1) is 41.5 Å². The van der Waals surface area contributed by atoms with Gasteiger partial charge in [-0.3, -0.25) is 4.98 Å². The Morgan fingerprint density at radius 1 is 1.14 bits per heavy atom. The molecule has 0 aliphatic carbocycles. The van der Waals surface area contributed by atoms with Crippen molar-refractivity contribution in [3.8, 4) is 34.2 Å². The zero-order chi connectivity index (χ0) is 25.4. The van der Waals surface area contributed by atoms with Crippen LogP contribution in [-0.4, -0.2) is 47.8 Å². The fourth-order valence-corrected chi connectivity index (χ4v) is 5.48. The first-order chi connectivity index (χ1) is 18.1. The number of nitrogens with zero attached hydrogens (tertiary/aromatic N) is 5. The highest BCUT2D eigenvalue weighted by molar-refractivity contribution is 5.99. The highest BCUT2D eigenvalue weighted by Gasteiger charge is 2.22. The number of likely N-dealkylation sites (N-methyl/N-ethyl adjacent to an activating group) is 1. The third-order valence-electron chi connectivity index (χ3n) is 7.52. The number of hydrogen-bond acceptors (Lipinski definition) is 6. The predicted molar refractivity (Wildman–Crippen MR) is 142 cm³/mol. The molecular formula is C29H29FN6O. The highest BCUT2D eigenvalue weighted by Crippen LogP contribution is 2.40. The van der Waals surface area contributed by atoms with Crippen molar-refractivity contribution in [2.24, 2.45) is 5.92 Å². The maximum atomic E-state index is 14.8. The second-order valence-corrected chi connectivity index (χ2v) is 9.92. The molecule has 2 aromatic heterocycles. The molecule has 0 amide bonds. The smallest absolute Gasteiger partial charge is 0.143 e. The van der Waals surface area contributed by atoms with Gasteiger partial charge in [0, 0.05) is 24.7 Å². The number of benzene rings is 2. The molecule has 37 heavy (non-hydrogen) atoms. The summed E-state index contributed by atoms with van der Waals surface area (Å²) in [5.41, 5.74) is 5.73. The van der Waals surface area contributed by atoms with Crippen LogP contribution in [0.15, 0.2) is 48.9 Å². The molecule has 6 rings (SSSR count). The van der Waals surface area contributed by atoms with E-state index in [9.17, 15) is 9.65 Å². The van der Waals surface area contributed by atoms with Gasteiger partial charge < -0.3 is 19.5 Å². The lowest BCUT2D eigenvalue weighted by Gasteiger charge is -2.28. The second-order valence-electron chi connectivity index (χ2n) is 9.92. The Bertz CT molecular complexity index is 1500. The standard InChI is InChI=1S/C29H29FN6O/c1-35-11-12-37-26-14-21(6-7-24(26)35)28-27(20-4-5-22(15-31)23(30)13-20)29-25(16-33-28)36(18-34-29)17-19-3-2-9-32-10-8-19/h4-7,13-14,16,18-19,32H,2-3,8-12,17H2,1H3. The lowest BCUT2D eigenvalue weighted by molar-refractivity contribution is 0.311. The Balaban J connectivity index is 1.50. The van der Waals surface area contributed by atoms with E-state index in [1.165, 1.54) is 25.0 Å². The summed E-state index contributed by atoms with van der Waals surface area (Å²) in [5.74, 6) is 0.819. The van der Waals surface area contributed by atoms with E-state index in [4.69, 9.17) is 14.7 Å². The summed E-state index contributed by atoms with van der Waals surface area (Å²) in [6.45, 7) is 4.43. The molecule has 0 radical (unpaired) electrons. The van der Waals surface area contributed by atoms with Gasteiger partial charge in [0.25, 0.3) is 0 Å². The molecule has 0 spiro atoms. The van der Waals surface area contributed by atoms with Crippen molar-refractivity contribution in [3.05, 3.63) is 60.3 Å². The molecule has 2 aliphatic rings. The average Bonchev–Trinajstić information content (AvgIpc) is 3.13. The van der Waals surface area contributed by atoms with E-state index in [0.29, 0.717) is 23.8 Å². The number of imidazole rings is 1. The van der Waals surface area contributed by atoms with Crippen LogP contribution in [0.1, 0.15) is 24.8 Å². The molecule has 1 fully saturated rings. The van der Waals surface area contributed by atoms with Crippen LogP contribution in [0.2, 0.25) is 0 Å². The van der Waals surface area contributed by atoms with Gasteiger partial charge in [0.1, 0.15) is 29.8 Å². The maximum absolute atomic E-state index is 14.8. The zero-order valence-electron chi connectivity index (χ0n) is 20.9.